The van der Waals surface area contributed by atoms with E-state index in [1.54, 1.807) is 7.11 Å². The number of methoxy groups -OCH3 is 1. The van der Waals surface area contributed by atoms with Gasteiger partial charge in [0, 0.05) is 26.7 Å². The van der Waals surface area contributed by atoms with Crippen molar-refractivity contribution in [3.63, 3.8) is 0 Å². The van der Waals surface area contributed by atoms with Gasteiger partial charge in [-0.3, -0.25) is 14.3 Å². The van der Waals surface area contributed by atoms with Crippen LogP contribution in [0, 0.1) is 0 Å². The highest BCUT2D eigenvalue weighted by Crippen LogP contribution is 2.07. The van der Waals surface area contributed by atoms with Crippen molar-refractivity contribution in [2.45, 2.75) is 25.8 Å². The average Bonchev–Trinajstić information content (AvgIpc) is 2.84. The Kier molecular flexibility index (Phi) is 4.70. The van der Waals surface area contributed by atoms with Gasteiger partial charge in [0.1, 0.15) is 11.3 Å². The molecule has 0 unspecified atom stereocenters. The Labute approximate surface area is 115 Å². The van der Waals surface area contributed by atoms with Crippen LogP contribution in [0.1, 0.15) is 18.7 Å². The van der Waals surface area contributed by atoms with Crippen LogP contribution in [-0.4, -0.2) is 39.8 Å². The van der Waals surface area contributed by atoms with E-state index in [4.69, 9.17) is 10.5 Å². The molecule has 0 saturated heterocycles. The third-order valence-electron chi connectivity index (χ3n) is 3.03. The maximum atomic E-state index is 11.9. The second kappa shape index (κ2) is 6.49. The lowest BCUT2D eigenvalue weighted by molar-refractivity contribution is 0.190. The van der Waals surface area contributed by atoms with Gasteiger partial charge >= 0.3 is 5.69 Å². The lowest BCUT2D eigenvalue weighted by Crippen LogP contribution is -2.30. The third kappa shape index (κ3) is 2.97. The molecule has 2 aromatic rings. The van der Waals surface area contributed by atoms with Gasteiger partial charge in [-0.25, -0.2) is 9.78 Å². The fourth-order valence-electron chi connectivity index (χ4n) is 2.05. The van der Waals surface area contributed by atoms with Gasteiger partial charge < -0.3 is 15.5 Å². The maximum Gasteiger partial charge on any atom is 0.330 e. The molecular formula is C12H19N5O3. The van der Waals surface area contributed by atoms with Gasteiger partial charge in [0.15, 0.2) is 5.65 Å². The van der Waals surface area contributed by atoms with E-state index in [1.807, 2.05) is 0 Å². The molecule has 0 aromatic carbocycles. The number of ether oxygens (including phenoxy) is 1. The molecule has 0 bridgehead atoms. The number of H-pyrrole nitrogens is 2. The second-order valence-corrected chi connectivity index (χ2v) is 4.53. The van der Waals surface area contributed by atoms with E-state index in [9.17, 15) is 9.59 Å². The number of hydrogen-bond acceptors (Lipinski definition) is 5. The molecule has 0 radical (unpaired) electrons. The molecule has 0 saturated carbocycles. The molecule has 0 atom stereocenters. The molecule has 8 heteroatoms. The predicted molar refractivity (Wildman–Crippen MR) is 74.8 cm³/mol. The largest absolute Gasteiger partial charge is 0.385 e. The molecule has 2 rings (SSSR count). The van der Waals surface area contributed by atoms with Crippen LogP contribution < -0.4 is 17.0 Å². The van der Waals surface area contributed by atoms with Crippen molar-refractivity contribution in [3.05, 3.63) is 26.7 Å². The molecule has 2 aromatic heterocycles. The fourth-order valence-corrected chi connectivity index (χ4v) is 2.05. The van der Waals surface area contributed by atoms with Gasteiger partial charge in [0.25, 0.3) is 5.56 Å². The zero-order chi connectivity index (χ0) is 14.5. The number of hydrogen-bond donors (Lipinski definition) is 3. The Hall–Kier alpha value is -1.93. The van der Waals surface area contributed by atoms with Gasteiger partial charge in [-0.2, -0.15) is 0 Å². The summed E-state index contributed by atoms with van der Waals surface area (Å²) in [6, 6.07) is 0. The summed E-state index contributed by atoms with van der Waals surface area (Å²) < 4.78 is 6.42. The van der Waals surface area contributed by atoms with E-state index in [1.165, 1.54) is 4.57 Å². The predicted octanol–water partition coefficient (Wildman–Crippen LogP) is -0.659. The van der Waals surface area contributed by atoms with Crippen LogP contribution in [0.5, 0.6) is 0 Å². The smallest absolute Gasteiger partial charge is 0.330 e. The van der Waals surface area contributed by atoms with Crippen LogP contribution >= 0.6 is 0 Å². The van der Waals surface area contributed by atoms with Crippen molar-refractivity contribution in [1.82, 2.24) is 19.5 Å². The number of nitrogens with one attached hydrogen (secondary N) is 2. The normalized spacial score (nSPS) is 11.3. The number of fused-ring (bicyclic) bond motifs is 1. The summed E-state index contributed by atoms with van der Waals surface area (Å²) >= 11 is 0. The minimum atomic E-state index is -0.449. The summed E-state index contributed by atoms with van der Waals surface area (Å²) in [4.78, 5) is 33.2. The fraction of sp³-hybridized carbons (Fsp3) is 0.583. The van der Waals surface area contributed by atoms with Crippen LogP contribution in [-0.2, 0) is 17.7 Å². The van der Waals surface area contributed by atoms with Gasteiger partial charge in [0.2, 0.25) is 0 Å². The number of rotatable bonds is 7. The topological polar surface area (TPSA) is 119 Å². The molecule has 0 aliphatic carbocycles. The lowest BCUT2D eigenvalue weighted by atomic mass is 10.3. The van der Waals surface area contributed by atoms with Crippen molar-refractivity contribution in [3.8, 4) is 0 Å². The van der Waals surface area contributed by atoms with Crippen molar-refractivity contribution in [1.29, 1.82) is 0 Å². The van der Waals surface area contributed by atoms with Gasteiger partial charge in [0.05, 0.1) is 0 Å². The molecule has 0 aliphatic heterocycles. The summed E-state index contributed by atoms with van der Waals surface area (Å²) in [5, 5.41) is 0. The molecular weight excluding hydrogens is 262 g/mol. The molecule has 110 valence electrons. The third-order valence-corrected chi connectivity index (χ3v) is 3.03. The van der Waals surface area contributed by atoms with Crippen LogP contribution in [0.25, 0.3) is 11.2 Å². The first-order valence-corrected chi connectivity index (χ1v) is 6.58. The summed E-state index contributed by atoms with van der Waals surface area (Å²) in [5.41, 5.74) is 5.28. The van der Waals surface area contributed by atoms with E-state index in [2.05, 4.69) is 15.0 Å². The van der Waals surface area contributed by atoms with Crippen molar-refractivity contribution < 1.29 is 4.74 Å². The summed E-state index contributed by atoms with van der Waals surface area (Å²) in [5.74, 6) is 0.669. The first kappa shape index (κ1) is 14.5. The number of aryl methyl sites for hydroxylation is 2. The highest BCUT2D eigenvalue weighted by atomic mass is 16.5. The number of aromatic amines is 2. The lowest BCUT2D eigenvalue weighted by Gasteiger charge is -2.04. The number of nitrogens with two attached hydrogens (primary N) is 1. The quantitative estimate of drug-likeness (QED) is 0.582. The number of aromatic nitrogens is 4. The minimum Gasteiger partial charge on any atom is -0.385 e. The Morgan fingerprint density at radius 2 is 2.10 bits per heavy atom. The van der Waals surface area contributed by atoms with Gasteiger partial charge in [-0.05, 0) is 19.4 Å². The Morgan fingerprint density at radius 3 is 2.80 bits per heavy atom. The molecule has 20 heavy (non-hydrogen) atoms. The highest BCUT2D eigenvalue weighted by molar-refractivity contribution is 5.69. The van der Waals surface area contributed by atoms with Gasteiger partial charge in [-0.1, -0.05) is 0 Å². The number of nitrogens with zero attached hydrogens (tertiary/aromatic N) is 2. The van der Waals surface area contributed by atoms with Crippen LogP contribution in [0.4, 0.5) is 0 Å². The SMILES string of the molecule is COCCCn1c(=O)[nH]c(=O)c2[nH]c(CCCN)nc21. The van der Waals surface area contributed by atoms with Crippen LogP contribution in [0.2, 0.25) is 0 Å². The van der Waals surface area contributed by atoms with E-state index in [0.29, 0.717) is 49.5 Å². The first-order chi connectivity index (χ1) is 9.67. The molecule has 0 fully saturated rings. The molecule has 2 heterocycles. The van der Waals surface area contributed by atoms with E-state index < -0.39 is 11.2 Å². The first-order valence-electron chi connectivity index (χ1n) is 6.58. The summed E-state index contributed by atoms with van der Waals surface area (Å²) in [7, 11) is 1.60. The molecule has 0 aliphatic rings. The number of imidazole rings is 1. The second-order valence-electron chi connectivity index (χ2n) is 4.53. The maximum absolute atomic E-state index is 11.9. The Bertz CT molecular complexity index is 684. The van der Waals surface area contributed by atoms with E-state index in [0.717, 1.165) is 6.42 Å². The van der Waals surface area contributed by atoms with E-state index in [-0.39, 0.29) is 0 Å². The standard InChI is InChI=1S/C12H19N5O3/c1-20-7-3-6-17-10-9(11(18)16-12(17)19)14-8(15-10)4-2-5-13/h2-7,13H2,1H3,(H,14,15)(H,16,18,19). The summed E-state index contributed by atoms with van der Waals surface area (Å²) in [6.45, 7) is 1.53. The van der Waals surface area contributed by atoms with Crippen LogP contribution in [0.3, 0.4) is 0 Å². The zero-order valence-corrected chi connectivity index (χ0v) is 11.4. The van der Waals surface area contributed by atoms with Crippen LogP contribution in [0.15, 0.2) is 9.59 Å². The van der Waals surface area contributed by atoms with Crippen molar-refractivity contribution >= 4 is 11.2 Å². The monoisotopic (exact) mass is 281 g/mol. The van der Waals surface area contributed by atoms with Crippen molar-refractivity contribution in [2.24, 2.45) is 5.73 Å². The zero-order valence-electron chi connectivity index (χ0n) is 11.4. The van der Waals surface area contributed by atoms with Gasteiger partial charge in [-0.15, -0.1) is 0 Å². The Balaban J connectivity index is 2.41. The molecule has 0 amide bonds. The van der Waals surface area contributed by atoms with Crippen molar-refractivity contribution in [2.75, 3.05) is 20.3 Å². The minimum absolute atomic E-state index is 0.328. The molecule has 0 spiro atoms. The summed E-state index contributed by atoms with van der Waals surface area (Å²) in [6.07, 6.45) is 2.09. The highest BCUT2D eigenvalue weighted by Gasteiger charge is 2.12. The average molecular weight is 281 g/mol. The Morgan fingerprint density at radius 1 is 1.30 bits per heavy atom. The van der Waals surface area contributed by atoms with E-state index >= 15 is 0 Å². The molecule has 4 N–H and O–H groups in total. The molecule has 8 nitrogen and oxygen atoms in total.